The molecule has 0 bridgehead atoms. The van der Waals surface area contributed by atoms with E-state index in [1.54, 1.807) is 13.8 Å². The first-order valence-corrected chi connectivity index (χ1v) is 6.39. The normalized spacial score (nSPS) is 20.8. The molecule has 1 aromatic carbocycles. The summed E-state index contributed by atoms with van der Waals surface area (Å²) < 4.78 is 39.9. The minimum absolute atomic E-state index is 0.0152. The zero-order chi connectivity index (χ0) is 15.1. The number of nitrogens with one attached hydrogen (secondary N) is 1. The standard InChI is InChI=1S/C13H14ClF3N2O/c1-12(2)7-19(18-11(12)20)10(13(15,16)17)8-3-5-9(14)6-4-8/h3-6,10H,7H2,1-2H3,(H,18,20)/t10-/m0/s1. The molecule has 1 atom stereocenters. The van der Waals surface area contributed by atoms with Gasteiger partial charge in [0.1, 0.15) is 6.04 Å². The van der Waals surface area contributed by atoms with E-state index in [1.807, 2.05) is 0 Å². The number of carbonyl (C=O) groups is 1. The summed E-state index contributed by atoms with van der Waals surface area (Å²) in [5.41, 5.74) is 1.50. The summed E-state index contributed by atoms with van der Waals surface area (Å²) in [5.74, 6) is -0.416. The summed E-state index contributed by atoms with van der Waals surface area (Å²) in [6, 6.07) is 3.55. The molecule has 1 saturated heterocycles. The van der Waals surface area contributed by atoms with Crippen LogP contribution in [0.1, 0.15) is 25.5 Å². The highest BCUT2D eigenvalue weighted by atomic mass is 35.5. The van der Waals surface area contributed by atoms with E-state index in [2.05, 4.69) is 5.43 Å². The van der Waals surface area contributed by atoms with Crippen molar-refractivity contribution >= 4 is 17.5 Å². The number of alkyl halides is 3. The fraction of sp³-hybridized carbons (Fsp3) is 0.462. The molecule has 7 heteroatoms. The highest BCUT2D eigenvalue weighted by molar-refractivity contribution is 6.30. The summed E-state index contributed by atoms with van der Waals surface area (Å²) in [7, 11) is 0. The molecule has 2 rings (SSSR count). The molecular formula is C13H14ClF3N2O. The van der Waals surface area contributed by atoms with E-state index >= 15 is 0 Å². The molecule has 1 fully saturated rings. The van der Waals surface area contributed by atoms with Crippen LogP contribution in [-0.2, 0) is 4.79 Å². The summed E-state index contributed by atoms with van der Waals surface area (Å²) in [4.78, 5) is 11.7. The molecule has 0 unspecified atom stereocenters. The molecule has 1 N–H and O–H groups in total. The Morgan fingerprint density at radius 2 is 1.85 bits per heavy atom. The van der Waals surface area contributed by atoms with E-state index in [0.29, 0.717) is 5.02 Å². The Hall–Kier alpha value is -1.27. The molecular weight excluding hydrogens is 293 g/mol. The molecule has 1 heterocycles. The summed E-state index contributed by atoms with van der Waals surface area (Å²) >= 11 is 5.69. The maximum absolute atomic E-state index is 13.3. The highest BCUT2D eigenvalue weighted by Crippen LogP contribution is 2.40. The third kappa shape index (κ3) is 2.91. The van der Waals surface area contributed by atoms with Crippen molar-refractivity contribution in [2.24, 2.45) is 5.41 Å². The smallest absolute Gasteiger partial charge is 0.287 e. The van der Waals surface area contributed by atoms with E-state index in [1.165, 1.54) is 24.3 Å². The molecule has 20 heavy (non-hydrogen) atoms. The number of hydrogen-bond donors (Lipinski definition) is 1. The van der Waals surface area contributed by atoms with Gasteiger partial charge in [0.2, 0.25) is 5.91 Å². The number of hydrogen-bond acceptors (Lipinski definition) is 2. The molecule has 0 radical (unpaired) electrons. The molecule has 1 amide bonds. The van der Waals surface area contributed by atoms with Crippen LogP contribution in [0, 0.1) is 5.41 Å². The van der Waals surface area contributed by atoms with Gasteiger partial charge >= 0.3 is 6.18 Å². The Kier molecular flexibility index (Phi) is 3.73. The second kappa shape index (κ2) is 4.93. The van der Waals surface area contributed by atoms with Gasteiger partial charge in [-0.15, -0.1) is 0 Å². The van der Waals surface area contributed by atoms with Crippen LogP contribution < -0.4 is 5.43 Å². The van der Waals surface area contributed by atoms with Gasteiger partial charge in [0, 0.05) is 11.6 Å². The average Bonchev–Trinajstić information content (AvgIpc) is 2.54. The lowest BCUT2D eigenvalue weighted by molar-refractivity contribution is -0.191. The topological polar surface area (TPSA) is 32.3 Å². The molecule has 0 aliphatic carbocycles. The van der Waals surface area contributed by atoms with Gasteiger partial charge in [0.25, 0.3) is 0 Å². The van der Waals surface area contributed by atoms with Crippen molar-refractivity contribution in [2.75, 3.05) is 6.54 Å². The number of hydrazine groups is 1. The van der Waals surface area contributed by atoms with Crippen molar-refractivity contribution in [3.8, 4) is 0 Å². The first-order chi connectivity index (χ1) is 9.11. The Bertz CT molecular complexity index is 513. The predicted molar refractivity (Wildman–Crippen MR) is 68.9 cm³/mol. The largest absolute Gasteiger partial charge is 0.409 e. The predicted octanol–water partition coefficient (Wildman–Crippen LogP) is 3.32. The third-order valence-electron chi connectivity index (χ3n) is 3.23. The molecule has 110 valence electrons. The van der Waals surface area contributed by atoms with Crippen LogP contribution in [0.15, 0.2) is 24.3 Å². The summed E-state index contributed by atoms with van der Waals surface area (Å²) in [5, 5.41) is 1.30. The molecule has 0 spiro atoms. The summed E-state index contributed by atoms with van der Waals surface area (Å²) in [6.45, 7) is 3.20. The van der Waals surface area contributed by atoms with Crippen LogP contribution in [0.3, 0.4) is 0 Å². The number of carbonyl (C=O) groups excluding carboxylic acids is 1. The first-order valence-electron chi connectivity index (χ1n) is 6.01. The Balaban J connectivity index is 2.35. The fourth-order valence-electron chi connectivity index (χ4n) is 2.17. The number of nitrogens with zero attached hydrogens (tertiary/aromatic N) is 1. The molecule has 1 aliphatic rings. The summed E-state index contributed by atoms with van der Waals surface area (Å²) in [6.07, 6.45) is -4.50. The van der Waals surface area contributed by atoms with Gasteiger partial charge in [0.15, 0.2) is 0 Å². The third-order valence-corrected chi connectivity index (χ3v) is 3.48. The monoisotopic (exact) mass is 306 g/mol. The Labute approximate surface area is 119 Å². The Morgan fingerprint density at radius 1 is 1.30 bits per heavy atom. The van der Waals surface area contributed by atoms with Crippen molar-refractivity contribution < 1.29 is 18.0 Å². The van der Waals surface area contributed by atoms with Crippen molar-refractivity contribution in [3.63, 3.8) is 0 Å². The van der Waals surface area contributed by atoms with Crippen LogP contribution in [0.5, 0.6) is 0 Å². The van der Waals surface area contributed by atoms with E-state index in [-0.39, 0.29) is 12.1 Å². The van der Waals surface area contributed by atoms with Crippen LogP contribution in [0.4, 0.5) is 13.2 Å². The van der Waals surface area contributed by atoms with Crippen LogP contribution in [-0.4, -0.2) is 23.6 Å². The van der Waals surface area contributed by atoms with Crippen LogP contribution in [0.2, 0.25) is 5.02 Å². The molecule has 0 saturated carbocycles. The van der Waals surface area contributed by atoms with Gasteiger partial charge in [-0.3, -0.25) is 10.2 Å². The van der Waals surface area contributed by atoms with E-state index in [0.717, 1.165) is 5.01 Å². The highest BCUT2D eigenvalue weighted by Gasteiger charge is 2.50. The van der Waals surface area contributed by atoms with E-state index in [9.17, 15) is 18.0 Å². The van der Waals surface area contributed by atoms with Crippen LogP contribution >= 0.6 is 11.6 Å². The van der Waals surface area contributed by atoms with Gasteiger partial charge in [-0.1, -0.05) is 23.7 Å². The zero-order valence-corrected chi connectivity index (χ0v) is 11.7. The number of halogens is 4. The quantitative estimate of drug-likeness (QED) is 0.909. The van der Waals surface area contributed by atoms with Gasteiger partial charge in [-0.2, -0.15) is 13.2 Å². The zero-order valence-electron chi connectivity index (χ0n) is 11.0. The fourth-order valence-corrected chi connectivity index (χ4v) is 2.29. The Morgan fingerprint density at radius 3 is 2.25 bits per heavy atom. The van der Waals surface area contributed by atoms with Gasteiger partial charge < -0.3 is 0 Å². The molecule has 1 aliphatic heterocycles. The second-order valence-electron chi connectivity index (χ2n) is 5.45. The lowest BCUT2D eigenvalue weighted by Gasteiger charge is -2.29. The van der Waals surface area contributed by atoms with E-state index < -0.39 is 23.5 Å². The minimum atomic E-state index is -4.50. The van der Waals surface area contributed by atoms with Crippen molar-refractivity contribution in [1.29, 1.82) is 0 Å². The maximum atomic E-state index is 13.3. The number of rotatable bonds is 2. The number of amides is 1. The molecule has 1 aromatic rings. The van der Waals surface area contributed by atoms with Crippen molar-refractivity contribution in [1.82, 2.24) is 10.4 Å². The van der Waals surface area contributed by atoms with Crippen molar-refractivity contribution in [2.45, 2.75) is 26.1 Å². The average molecular weight is 307 g/mol. The lowest BCUT2D eigenvalue weighted by atomic mass is 9.94. The van der Waals surface area contributed by atoms with Crippen LogP contribution in [0.25, 0.3) is 0 Å². The molecule has 0 aromatic heterocycles. The number of benzene rings is 1. The van der Waals surface area contributed by atoms with E-state index in [4.69, 9.17) is 11.6 Å². The van der Waals surface area contributed by atoms with Gasteiger partial charge in [-0.05, 0) is 31.5 Å². The first kappa shape index (κ1) is 15.1. The minimum Gasteiger partial charge on any atom is -0.287 e. The molecule has 3 nitrogen and oxygen atoms in total. The SMILES string of the molecule is CC1(C)CN([C@@H](c2ccc(Cl)cc2)C(F)(F)F)NC1=O. The van der Waals surface area contributed by atoms with Crippen molar-refractivity contribution in [3.05, 3.63) is 34.9 Å². The second-order valence-corrected chi connectivity index (χ2v) is 5.88. The lowest BCUT2D eigenvalue weighted by Crippen LogP contribution is -2.43. The van der Waals surface area contributed by atoms with Gasteiger partial charge in [0.05, 0.1) is 5.41 Å². The maximum Gasteiger partial charge on any atom is 0.409 e. The van der Waals surface area contributed by atoms with Gasteiger partial charge in [-0.25, -0.2) is 5.01 Å².